The maximum atomic E-state index is 11.6. The van der Waals surface area contributed by atoms with E-state index in [1.54, 1.807) is 18.3 Å². The van der Waals surface area contributed by atoms with Gasteiger partial charge in [-0.05, 0) is 55.3 Å². The molecular formula is C26H28ClN5O2. The number of unbranched alkanes of at least 4 members (excludes halogenated alkanes) is 1. The zero-order chi connectivity index (χ0) is 23.8. The van der Waals surface area contributed by atoms with E-state index in [0.717, 1.165) is 52.9 Å². The second-order valence-corrected chi connectivity index (χ2v) is 8.47. The summed E-state index contributed by atoms with van der Waals surface area (Å²) in [5, 5.41) is 10.4. The van der Waals surface area contributed by atoms with Crippen molar-refractivity contribution < 1.29 is 9.53 Å². The van der Waals surface area contributed by atoms with Gasteiger partial charge in [0.05, 0.1) is 12.1 Å². The lowest BCUT2D eigenvalue weighted by molar-refractivity contribution is 0.100. The lowest BCUT2D eigenvalue weighted by Crippen LogP contribution is -2.16. The van der Waals surface area contributed by atoms with E-state index in [0.29, 0.717) is 30.8 Å². The van der Waals surface area contributed by atoms with Crippen molar-refractivity contribution in [2.75, 3.05) is 31.6 Å². The molecule has 0 radical (unpaired) electrons. The first-order chi connectivity index (χ1) is 16.6. The molecule has 176 valence electrons. The van der Waals surface area contributed by atoms with Crippen molar-refractivity contribution in [2.45, 2.75) is 19.4 Å². The third-order valence-corrected chi connectivity index (χ3v) is 5.77. The highest BCUT2D eigenvalue weighted by molar-refractivity contribution is 6.30. The molecule has 0 aliphatic carbocycles. The lowest BCUT2D eigenvalue weighted by atomic mass is 10.1. The average Bonchev–Trinajstić information content (AvgIpc) is 2.84. The Balaban J connectivity index is 1.22. The van der Waals surface area contributed by atoms with E-state index in [4.69, 9.17) is 27.1 Å². The van der Waals surface area contributed by atoms with E-state index >= 15 is 0 Å². The van der Waals surface area contributed by atoms with Gasteiger partial charge in [0.1, 0.15) is 5.82 Å². The summed E-state index contributed by atoms with van der Waals surface area (Å²) in [6.07, 6.45) is 5.59. The third-order valence-electron chi connectivity index (χ3n) is 5.53. The number of hydrogen-bond acceptors (Lipinski definition) is 6. The standard InChI is InChI=1S/C26H28ClN5O2/c27-20-5-3-4-18(14-20)16-29-9-1-2-12-34-13-11-31-26-22-8-10-30-17-23(22)21-7-6-19(25(28)33)15-24(21)32-26/h3-8,10,14-15,17,29H,1-2,9,11-13,16H2,(H2,28,33)(H,31,32). The molecule has 2 heterocycles. The van der Waals surface area contributed by atoms with E-state index in [1.807, 2.05) is 36.5 Å². The summed E-state index contributed by atoms with van der Waals surface area (Å²) in [6.45, 7) is 3.65. The number of ether oxygens (including phenoxy) is 1. The Morgan fingerprint density at radius 2 is 1.91 bits per heavy atom. The van der Waals surface area contributed by atoms with Crippen LogP contribution in [0.3, 0.4) is 0 Å². The molecule has 2 aromatic heterocycles. The van der Waals surface area contributed by atoms with Crippen LogP contribution in [0.25, 0.3) is 21.7 Å². The minimum Gasteiger partial charge on any atom is -0.380 e. The smallest absolute Gasteiger partial charge is 0.248 e. The second-order valence-electron chi connectivity index (χ2n) is 8.03. The molecule has 4 aromatic rings. The molecule has 34 heavy (non-hydrogen) atoms. The largest absolute Gasteiger partial charge is 0.380 e. The summed E-state index contributed by atoms with van der Waals surface area (Å²) in [6, 6.07) is 15.1. The van der Waals surface area contributed by atoms with Gasteiger partial charge in [0, 0.05) is 58.8 Å². The van der Waals surface area contributed by atoms with Gasteiger partial charge >= 0.3 is 0 Å². The fraction of sp³-hybridized carbons (Fsp3) is 0.269. The first kappa shape index (κ1) is 23.9. The van der Waals surface area contributed by atoms with Gasteiger partial charge in [-0.15, -0.1) is 0 Å². The number of nitrogens with zero attached hydrogens (tertiary/aromatic N) is 2. The number of primary amides is 1. The Hall–Kier alpha value is -3.26. The predicted octanol–water partition coefficient (Wildman–Crippen LogP) is 4.53. The summed E-state index contributed by atoms with van der Waals surface area (Å²) in [5.41, 5.74) is 7.75. The van der Waals surface area contributed by atoms with Crippen LogP contribution >= 0.6 is 11.6 Å². The molecule has 0 atom stereocenters. The molecule has 0 fully saturated rings. The van der Waals surface area contributed by atoms with Gasteiger partial charge in [-0.25, -0.2) is 4.98 Å². The van der Waals surface area contributed by atoms with Crippen molar-refractivity contribution in [3.8, 4) is 0 Å². The van der Waals surface area contributed by atoms with Crippen LogP contribution in [-0.4, -0.2) is 42.2 Å². The van der Waals surface area contributed by atoms with Gasteiger partial charge in [0.15, 0.2) is 0 Å². The average molecular weight is 478 g/mol. The van der Waals surface area contributed by atoms with Gasteiger partial charge in [0.2, 0.25) is 5.91 Å². The molecule has 0 bridgehead atoms. The van der Waals surface area contributed by atoms with Gasteiger partial charge in [-0.1, -0.05) is 29.8 Å². The highest BCUT2D eigenvalue weighted by Crippen LogP contribution is 2.29. The number of hydrogen-bond donors (Lipinski definition) is 3. The topological polar surface area (TPSA) is 102 Å². The van der Waals surface area contributed by atoms with Crippen LogP contribution < -0.4 is 16.4 Å². The molecule has 0 saturated heterocycles. The molecule has 2 aromatic carbocycles. The first-order valence-corrected chi connectivity index (χ1v) is 11.7. The first-order valence-electron chi connectivity index (χ1n) is 11.4. The zero-order valence-corrected chi connectivity index (χ0v) is 19.6. The van der Waals surface area contributed by atoms with Crippen molar-refractivity contribution >= 4 is 45.0 Å². The molecule has 0 spiro atoms. The molecule has 0 aliphatic rings. The molecule has 4 N–H and O–H groups in total. The fourth-order valence-electron chi connectivity index (χ4n) is 3.81. The highest BCUT2D eigenvalue weighted by Gasteiger charge is 2.10. The number of carbonyl (C=O) groups is 1. The van der Waals surface area contributed by atoms with E-state index in [-0.39, 0.29) is 0 Å². The molecule has 1 amide bonds. The number of benzene rings is 2. The predicted molar refractivity (Wildman–Crippen MR) is 137 cm³/mol. The van der Waals surface area contributed by atoms with Crippen molar-refractivity contribution in [1.82, 2.24) is 15.3 Å². The molecular weight excluding hydrogens is 450 g/mol. The third kappa shape index (κ3) is 6.20. The number of carbonyl (C=O) groups excluding carboxylic acids is 1. The lowest BCUT2D eigenvalue weighted by Gasteiger charge is -2.12. The number of nitrogens with one attached hydrogen (secondary N) is 2. The van der Waals surface area contributed by atoms with Crippen LogP contribution in [0.1, 0.15) is 28.8 Å². The SMILES string of the molecule is NC(=O)c1ccc2c(c1)nc(NCCOCCCCNCc1cccc(Cl)c1)c1ccncc12. The van der Waals surface area contributed by atoms with Crippen molar-refractivity contribution in [2.24, 2.45) is 5.73 Å². The van der Waals surface area contributed by atoms with Gasteiger partial charge < -0.3 is 21.1 Å². The number of amides is 1. The number of anilines is 1. The van der Waals surface area contributed by atoms with Crippen LogP contribution in [0, 0.1) is 0 Å². The molecule has 7 nitrogen and oxygen atoms in total. The van der Waals surface area contributed by atoms with Crippen LogP contribution in [0.2, 0.25) is 5.02 Å². The molecule has 0 unspecified atom stereocenters. The Morgan fingerprint density at radius 1 is 1.00 bits per heavy atom. The zero-order valence-electron chi connectivity index (χ0n) is 18.9. The van der Waals surface area contributed by atoms with E-state index in [2.05, 4.69) is 21.7 Å². The van der Waals surface area contributed by atoms with Crippen LogP contribution in [0.4, 0.5) is 5.82 Å². The van der Waals surface area contributed by atoms with E-state index < -0.39 is 5.91 Å². The van der Waals surface area contributed by atoms with Crippen LogP contribution in [0.15, 0.2) is 60.9 Å². The van der Waals surface area contributed by atoms with Gasteiger partial charge in [-0.2, -0.15) is 0 Å². The summed E-state index contributed by atoms with van der Waals surface area (Å²) in [5.74, 6) is 0.262. The summed E-state index contributed by atoms with van der Waals surface area (Å²) in [4.78, 5) is 20.5. The number of halogens is 1. The Kier molecular flexibility index (Phi) is 8.25. The highest BCUT2D eigenvalue weighted by atomic mass is 35.5. The van der Waals surface area contributed by atoms with Gasteiger partial charge in [0.25, 0.3) is 0 Å². The monoisotopic (exact) mass is 477 g/mol. The Morgan fingerprint density at radius 3 is 2.76 bits per heavy atom. The van der Waals surface area contributed by atoms with Crippen LogP contribution in [0.5, 0.6) is 0 Å². The Bertz CT molecular complexity index is 1280. The van der Waals surface area contributed by atoms with Crippen molar-refractivity contribution in [3.63, 3.8) is 0 Å². The summed E-state index contributed by atoms with van der Waals surface area (Å²) in [7, 11) is 0. The fourth-order valence-corrected chi connectivity index (χ4v) is 4.03. The number of pyridine rings is 2. The number of rotatable bonds is 12. The molecule has 0 aliphatic heterocycles. The number of aromatic nitrogens is 2. The quantitative estimate of drug-likeness (QED) is 0.204. The maximum Gasteiger partial charge on any atom is 0.248 e. The Labute approximate surface area is 203 Å². The van der Waals surface area contributed by atoms with Crippen molar-refractivity contribution in [1.29, 1.82) is 0 Å². The van der Waals surface area contributed by atoms with E-state index in [9.17, 15) is 4.79 Å². The number of fused-ring (bicyclic) bond motifs is 3. The van der Waals surface area contributed by atoms with Crippen molar-refractivity contribution in [3.05, 3.63) is 77.1 Å². The summed E-state index contributed by atoms with van der Waals surface area (Å²) >= 11 is 6.01. The molecule has 8 heteroatoms. The second kappa shape index (κ2) is 11.7. The molecule has 0 saturated carbocycles. The number of nitrogens with two attached hydrogens (primary N) is 1. The van der Waals surface area contributed by atoms with Gasteiger partial charge in [-0.3, -0.25) is 9.78 Å². The summed E-state index contributed by atoms with van der Waals surface area (Å²) < 4.78 is 5.78. The minimum absolute atomic E-state index is 0.430. The maximum absolute atomic E-state index is 11.6. The molecule has 4 rings (SSSR count). The van der Waals surface area contributed by atoms with E-state index in [1.165, 1.54) is 5.56 Å². The minimum atomic E-state index is -0.474. The van der Waals surface area contributed by atoms with Crippen LogP contribution in [-0.2, 0) is 11.3 Å². The normalized spacial score (nSPS) is 11.2.